The van der Waals surface area contributed by atoms with Crippen LogP contribution in [0.1, 0.15) is 26.3 Å². The number of esters is 1. The second kappa shape index (κ2) is 7.36. The summed E-state index contributed by atoms with van der Waals surface area (Å²) in [5.74, 6) is -0.808. The first-order valence-corrected chi connectivity index (χ1v) is 8.64. The Morgan fingerprint density at radius 1 is 1.33 bits per heavy atom. The Kier molecular flexibility index (Phi) is 5.66. The lowest BCUT2D eigenvalue weighted by atomic mass is 9.98. The molecular formula is C17H20FNO4S. The molecule has 0 saturated heterocycles. The molecule has 1 aromatic rings. The van der Waals surface area contributed by atoms with Crippen LogP contribution in [0.4, 0.5) is 4.39 Å². The van der Waals surface area contributed by atoms with Crippen LogP contribution in [-0.2, 0) is 14.3 Å². The van der Waals surface area contributed by atoms with Crippen LogP contribution in [0.3, 0.4) is 0 Å². The largest absolute Gasteiger partial charge is 0.465 e. The number of nitrogens with zero attached hydrogens (tertiary/aromatic N) is 1. The highest BCUT2D eigenvalue weighted by molar-refractivity contribution is 8.04. The molecule has 1 heterocycles. The molecule has 7 heteroatoms. The molecule has 1 atom stereocenters. The SMILES string of the molecule is CCOC(=O)CN1C(=O)C(SCC)=C(c2ccc(F)cc2)C1(C)O. The van der Waals surface area contributed by atoms with Crippen molar-refractivity contribution in [3.8, 4) is 0 Å². The summed E-state index contributed by atoms with van der Waals surface area (Å²) >= 11 is 1.28. The number of carbonyl (C=O) groups is 2. The number of hydrogen-bond donors (Lipinski definition) is 1. The smallest absolute Gasteiger partial charge is 0.325 e. The topological polar surface area (TPSA) is 66.8 Å². The minimum Gasteiger partial charge on any atom is -0.465 e. The number of amides is 1. The molecule has 0 fully saturated rings. The molecule has 0 aromatic heterocycles. The van der Waals surface area contributed by atoms with Gasteiger partial charge in [0.25, 0.3) is 5.91 Å². The van der Waals surface area contributed by atoms with Crippen LogP contribution in [0.25, 0.3) is 5.57 Å². The van der Waals surface area contributed by atoms with E-state index in [0.717, 1.165) is 4.90 Å². The van der Waals surface area contributed by atoms with Gasteiger partial charge in [0.1, 0.15) is 12.4 Å². The molecule has 1 aromatic carbocycles. The Hall–Kier alpha value is -1.86. The van der Waals surface area contributed by atoms with Crippen molar-refractivity contribution in [3.05, 3.63) is 40.6 Å². The van der Waals surface area contributed by atoms with E-state index in [-0.39, 0.29) is 13.2 Å². The lowest BCUT2D eigenvalue weighted by Crippen LogP contribution is -2.48. The van der Waals surface area contributed by atoms with Crippen molar-refractivity contribution >= 4 is 29.2 Å². The number of rotatable bonds is 6. The van der Waals surface area contributed by atoms with Crippen LogP contribution in [0.5, 0.6) is 0 Å². The van der Waals surface area contributed by atoms with E-state index >= 15 is 0 Å². The van der Waals surface area contributed by atoms with Crippen LogP contribution in [0.2, 0.25) is 0 Å². The van der Waals surface area contributed by atoms with Gasteiger partial charge in [0, 0.05) is 5.57 Å². The molecular weight excluding hydrogens is 333 g/mol. The predicted molar refractivity (Wildman–Crippen MR) is 90.4 cm³/mol. The number of ether oxygens (including phenoxy) is 1. The maximum Gasteiger partial charge on any atom is 0.325 e. The number of hydrogen-bond acceptors (Lipinski definition) is 5. The minimum absolute atomic E-state index is 0.192. The van der Waals surface area contributed by atoms with Gasteiger partial charge in [-0.25, -0.2) is 4.39 Å². The van der Waals surface area contributed by atoms with Gasteiger partial charge in [-0.05, 0) is 37.3 Å². The zero-order valence-electron chi connectivity index (χ0n) is 13.8. The Morgan fingerprint density at radius 2 is 1.96 bits per heavy atom. The van der Waals surface area contributed by atoms with Crippen LogP contribution in [-0.4, -0.2) is 46.5 Å². The summed E-state index contributed by atoms with van der Waals surface area (Å²) in [5.41, 5.74) is -0.764. The molecule has 0 saturated carbocycles. The normalized spacial score (nSPS) is 20.7. The third-order valence-corrected chi connectivity index (χ3v) is 4.64. The van der Waals surface area contributed by atoms with Crippen LogP contribution in [0, 0.1) is 5.82 Å². The molecule has 5 nitrogen and oxygen atoms in total. The van der Waals surface area contributed by atoms with Crippen LogP contribution < -0.4 is 0 Å². The average molecular weight is 353 g/mol. The lowest BCUT2D eigenvalue weighted by molar-refractivity contribution is -0.156. The maximum absolute atomic E-state index is 13.2. The van der Waals surface area contributed by atoms with E-state index in [2.05, 4.69) is 0 Å². The predicted octanol–water partition coefficient (Wildman–Crippen LogP) is 2.40. The van der Waals surface area contributed by atoms with Gasteiger partial charge < -0.3 is 9.84 Å². The van der Waals surface area contributed by atoms with Gasteiger partial charge in [0.15, 0.2) is 5.72 Å². The summed E-state index contributed by atoms with van der Waals surface area (Å²) in [4.78, 5) is 25.9. The van der Waals surface area contributed by atoms with Gasteiger partial charge in [-0.2, -0.15) is 0 Å². The molecule has 1 unspecified atom stereocenters. The zero-order chi connectivity index (χ0) is 17.9. The minimum atomic E-state index is -1.68. The highest BCUT2D eigenvalue weighted by Gasteiger charge is 2.48. The summed E-state index contributed by atoms with van der Waals surface area (Å²) in [5, 5.41) is 11.0. The molecule has 0 spiro atoms. The fourth-order valence-electron chi connectivity index (χ4n) is 2.64. The summed E-state index contributed by atoms with van der Waals surface area (Å²) in [7, 11) is 0. The summed E-state index contributed by atoms with van der Waals surface area (Å²) < 4.78 is 18.1. The van der Waals surface area contributed by atoms with Gasteiger partial charge in [-0.1, -0.05) is 19.1 Å². The van der Waals surface area contributed by atoms with E-state index in [1.165, 1.54) is 43.0 Å². The fraction of sp³-hybridized carbons (Fsp3) is 0.412. The average Bonchev–Trinajstić information content (AvgIpc) is 2.70. The van der Waals surface area contributed by atoms with Crippen molar-refractivity contribution in [1.29, 1.82) is 0 Å². The van der Waals surface area contributed by atoms with Crippen molar-refractivity contribution < 1.29 is 23.8 Å². The molecule has 24 heavy (non-hydrogen) atoms. The zero-order valence-corrected chi connectivity index (χ0v) is 14.7. The monoisotopic (exact) mass is 353 g/mol. The molecule has 0 bridgehead atoms. The van der Waals surface area contributed by atoms with Crippen LogP contribution in [0.15, 0.2) is 29.2 Å². The third-order valence-electron chi connectivity index (χ3n) is 3.68. The first kappa shape index (κ1) is 18.5. The van der Waals surface area contributed by atoms with Crippen LogP contribution >= 0.6 is 11.8 Å². The first-order valence-electron chi connectivity index (χ1n) is 7.66. The Labute approximate surface area is 144 Å². The molecule has 1 aliphatic heterocycles. The van der Waals surface area contributed by atoms with E-state index in [1.807, 2.05) is 6.92 Å². The van der Waals surface area contributed by atoms with E-state index in [9.17, 15) is 19.1 Å². The second-order valence-electron chi connectivity index (χ2n) is 5.36. The summed E-state index contributed by atoms with van der Waals surface area (Å²) in [6.45, 7) is 4.85. The summed E-state index contributed by atoms with van der Waals surface area (Å²) in [6, 6.07) is 5.56. The standard InChI is InChI=1S/C17H20FNO4S/c1-4-23-13(20)10-19-16(21)15(24-5-2)14(17(19,3)22)11-6-8-12(18)9-7-11/h6-9,22H,4-5,10H2,1-3H3. The van der Waals surface area contributed by atoms with E-state index in [1.54, 1.807) is 6.92 Å². The Balaban J connectivity index is 2.45. The number of benzene rings is 1. The molecule has 0 aliphatic carbocycles. The number of halogens is 1. The Morgan fingerprint density at radius 3 is 2.50 bits per heavy atom. The van der Waals surface area contributed by atoms with Crippen molar-refractivity contribution in [2.24, 2.45) is 0 Å². The van der Waals surface area contributed by atoms with Crippen molar-refractivity contribution in [1.82, 2.24) is 4.90 Å². The molecule has 0 radical (unpaired) electrons. The highest BCUT2D eigenvalue weighted by atomic mass is 32.2. The van der Waals surface area contributed by atoms with Gasteiger partial charge in [-0.15, -0.1) is 11.8 Å². The summed E-state index contributed by atoms with van der Waals surface area (Å²) in [6.07, 6.45) is 0. The maximum atomic E-state index is 13.2. The highest BCUT2D eigenvalue weighted by Crippen LogP contribution is 2.44. The molecule has 1 N–H and O–H groups in total. The lowest BCUT2D eigenvalue weighted by Gasteiger charge is -2.32. The number of aliphatic hydroxyl groups is 1. The van der Waals surface area contributed by atoms with Gasteiger partial charge in [-0.3, -0.25) is 14.5 Å². The van der Waals surface area contributed by atoms with Crippen molar-refractivity contribution in [2.45, 2.75) is 26.5 Å². The Bertz CT molecular complexity index is 670. The first-order chi connectivity index (χ1) is 11.3. The number of thioether (sulfide) groups is 1. The molecule has 1 amide bonds. The van der Waals surface area contributed by atoms with Gasteiger partial charge >= 0.3 is 5.97 Å². The molecule has 2 rings (SSSR count). The fourth-order valence-corrected chi connectivity index (χ4v) is 3.62. The van der Waals surface area contributed by atoms with Gasteiger partial charge in [0.2, 0.25) is 0 Å². The quantitative estimate of drug-likeness (QED) is 0.796. The molecule has 130 valence electrons. The second-order valence-corrected chi connectivity index (χ2v) is 6.64. The number of carbonyl (C=O) groups excluding carboxylic acids is 2. The van der Waals surface area contributed by atoms with Crippen molar-refractivity contribution in [2.75, 3.05) is 18.9 Å². The van der Waals surface area contributed by atoms with E-state index in [4.69, 9.17) is 4.74 Å². The van der Waals surface area contributed by atoms with Crippen molar-refractivity contribution in [3.63, 3.8) is 0 Å². The van der Waals surface area contributed by atoms with E-state index < -0.39 is 23.4 Å². The van der Waals surface area contributed by atoms with Gasteiger partial charge in [0.05, 0.1) is 11.5 Å². The third kappa shape index (κ3) is 3.47. The van der Waals surface area contributed by atoms with E-state index in [0.29, 0.717) is 21.8 Å². The molecule has 1 aliphatic rings.